The van der Waals surface area contributed by atoms with Crippen LogP contribution < -0.4 is 10.2 Å². The van der Waals surface area contributed by atoms with Crippen LogP contribution in [0.5, 0.6) is 0 Å². The Morgan fingerprint density at radius 2 is 1.91 bits per heavy atom. The van der Waals surface area contributed by atoms with Gasteiger partial charge in [-0.15, -0.1) is 0 Å². The van der Waals surface area contributed by atoms with Crippen molar-refractivity contribution in [2.75, 3.05) is 10.2 Å². The van der Waals surface area contributed by atoms with Crippen LogP contribution in [0.25, 0.3) is 22.7 Å². The number of hydrogen-bond acceptors (Lipinski definition) is 5. The Kier molecular flexibility index (Phi) is 4.78. The van der Waals surface area contributed by atoms with Gasteiger partial charge in [0.15, 0.2) is 11.2 Å². The van der Waals surface area contributed by atoms with Crippen molar-refractivity contribution in [1.82, 2.24) is 9.97 Å². The van der Waals surface area contributed by atoms with Crippen molar-refractivity contribution in [3.05, 3.63) is 84.2 Å². The molecule has 2 aromatic carbocycles. The molecule has 0 atom stereocenters. The van der Waals surface area contributed by atoms with E-state index in [1.807, 2.05) is 60.7 Å². The number of allylic oxidation sites excluding steroid dienone is 1. The molecule has 0 radical (unpaired) electrons. The van der Waals surface area contributed by atoms with Crippen molar-refractivity contribution < 1.29 is 9.21 Å². The minimum Gasteiger partial charge on any atom is -0.434 e. The molecule has 0 saturated carbocycles. The summed E-state index contributed by atoms with van der Waals surface area (Å²) in [4.78, 5) is 23.8. The summed E-state index contributed by atoms with van der Waals surface area (Å²) in [5, 5.41) is 2.98. The van der Waals surface area contributed by atoms with Crippen LogP contribution in [-0.4, -0.2) is 21.4 Å². The number of nitrogens with zero attached hydrogens (tertiary/aromatic N) is 3. The highest BCUT2D eigenvalue weighted by molar-refractivity contribution is 6.05. The summed E-state index contributed by atoms with van der Waals surface area (Å²) in [6.45, 7) is 6.53. The molecule has 0 unspecified atom stereocenters. The number of carbonyl (C=O) groups excluding carboxylic acids is 1. The normalized spacial score (nSPS) is 15.1. The Hall–Kier alpha value is -3.93. The van der Waals surface area contributed by atoms with Crippen LogP contribution in [0.2, 0.25) is 0 Å². The maximum Gasteiger partial charge on any atom is 0.255 e. The third-order valence-corrected chi connectivity index (χ3v) is 5.78. The van der Waals surface area contributed by atoms with E-state index in [0.29, 0.717) is 28.4 Å². The molecule has 3 heterocycles. The number of hydrogen-bond donors (Lipinski definition) is 1. The van der Waals surface area contributed by atoms with Crippen LogP contribution in [0.4, 0.5) is 11.4 Å². The Bertz CT molecular complexity index is 1300. The number of oxazole rings is 1. The van der Waals surface area contributed by atoms with Crippen molar-refractivity contribution in [1.29, 1.82) is 0 Å². The lowest BCUT2D eigenvalue weighted by molar-refractivity contribution is 0.102. The number of anilines is 2. The first kappa shape index (κ1) is 20.0. The average molecular weight is 425 g/mol. The summed E-state index contributed by atoms with van der Waals surface area (Å²) >= 11 is 0. The zero-order chi connectivity index (χ0) is 22.3. The van der Waals surface area contributed by atoms with E-state index < -0.39 is 0 Å². The molecule has 0 fully saturated rings. The van der Waals surface area contributed by atoms with Gasteiger partial charge >= 0.3 is 0 Å². The van der Waals surface area contributed by atoms with Crippen molar-refractivity contribution in [3.63, 3.8) is 0 Å². The van der Waals surface area contributed by atoms with Gasteiger partial charge in [0.05, 0.1) is 0 Å². The summed E-state index contributed by atoms with van der Waals surface area (Å²) < 4.78 is 5.76. The van der Waals surface area contributed by atoms with Crippen LogP contribution in [-0.2, 0) is 0 Å². The highest BCUT2D eigenvalue weighted by Crippen LogP contribution is 2.36. The third kappa shape index (κ3) is 3.64. The van der Waals surface area contributed by atoms with Crippen LogP contribution >= 0.6 is 0 Å². The zero-order valence-corrected chi connectivity index (χ0v) is 18.3. The highest BCUT2D eigenvalue weighted by Gasteiger charge is 2.32. The van der Waals surface area contributed by atoms with E-state index in [0.717, 1.165) is 17.7 Å². The van der Waals surface area contributed by atoms with Crippen molar-refractivity contribution in [2.45, 2.75) is 32.7 Å². The molecule has 0 spiro atoms. The lowest BCUT2D eigenvalue weighted by atomic mass is 10.0. The number of fused-ring (bicyclic) bond motifs is 1. The molecule has 0 aliphatic carbocycles. The Labute approximate surface area is 186 Å². The quantitative estimate of drug-likeness (QED) is 0.433. The maximum atomic E-state index is 12.9. The van der Waals surface area contributed by atoms with E-state index in [1.54, 1.807) is 6.20 Å². The highest BCUT2D eigenvalue weighted by atomic mass is 16.3. The van der Waals surface area contributed by atoms with E-state index in [1.165, 1.54) is 5.70 Å². The second-order valence-electron chi connectivity index (χ2n) is 8.62. The fourth-order valence-corrected chi connectivity index (χ4v) is 4.19. The van der Waals surface area contributed by atoms with E-state index in [-0.39, 0.29) is 11.4 Å². The number of pyridine rings is 1. The lowest BCUT2D eigenvalue weighted by Gasteiger charge is -2.35. The molecule has 1 N–H and O–H groups in total. The van der Waals surface area contributed by atoms with Gasteiger partial charge in [-0.3, -0.25) is 4.79 Å². The molecule has 0 bridgehead atoms. The summed E-state index contributed by atoms with van der Waals surface area (Å²) in [5.41, 5.74) is 5.59. The monoisotopic (exact) mass is 424 g/mol. The molecule has 160 valence electrons. The average Bonchev–Trinajstić information content (AvgIpc) is 3.34. The first-order valence-corrected chi connectivity index (χ1v) is 10.6. The van der Waals surface area contributed by atoms with E-state index in [2.05, 4.69) is 47.0 Å². The van der Waals surface area contributed by atoms with Crippen LogP contribution in [0, 0.1) is 0 Å². The molecule has 0 saturated heterocycles. The molecular weight excluding hydrogens is 400 g/mol. The SMILES string of the molecule is CC1=CCC(C)(C)N1c1cccc(C(=O)Nc2ccc(-c3nc4ncccc4o3)cc2)c1. The second kappa shape index (κ2) is 7.64. The minimum absolute atomic E-state index is 0.00474. The van der Waals surface area contributed by atoms with Gasteiger partial charge in [-0.2, -0.15) is 4.98 Å². The number of carbonyl (C=O) groups is 1. The molecule has 6 nitrogen and oxygen atoms in total. The Balaban J connectivity index is 1.34. The molecule has 6 heteroatoms. The fourth-order valence-electron chi connectivity index (χ4n) is 4.19. The van der Waals surface area contributed by atoms with E-state index >= 15 is 0 Å². The smallest absolute Gasteiger partial charge is 0.255 e. The molecule has 4 aromatic rings. The molecule has 2 aromatic heterocycles. The van der Waals surface area contributed by atoms with Gasteiger partial charge in [0.1, 0.15) is 0 Å². The maximum absolute atomic E-state index is 12.9. The van der Waals surface area contributed by atoms with Gasteiger partial charge in [-0.25, -0.2) is 4.98 Å². The summed E-state index contributed by atoms with van der Waals surface area (Å²) in [5.74, 6) is 0.352. The first-order chi connectivity index (χ1) is 15.4. The predicted molar refractivity (Wildman–Crippen MR) is 127 cm³/mol. The standard InChI is InChI=1S/C26H24N4O2/c1-17-13-14-26(2,3)30(17)21-7-4-6-19(16-21)24(31)28-20-11-9-18(10-12-20)25-29-23-22(32-25)8-5-15-27-23/h4-13,15-16H,14H2,1-3H3,(H,28,31). The van der Waals surface area contributed by atoms with Crippen LogP contribution in [0.3, 0.4) is 0 Å². The Morgan fingerprint density at radius 1 is 1.09 bits per heavy atom. The Morgan fingerprint density at radius 3 is 2.62 bits per heavy atom. The number of rotatable bonds is 4. The lowest BCUT2D eigenvalue weighted by Crippen LogP contribution is -2.38. The zero-order valence-electron chi connectivity index (χ0n) is 18.3. The van der Waals surface area contributed by atoms with Crippen molar-refractivity contribution in [3.8, 4) is 11.5 Å². The molecular formula is C26H24N4O2. The third-order valence-electron chi connectivity index (χ3n) is 5.78. The topological polar surface area (TPSA) is 71.3 Å². The molecule has 5 rings (SSSR count). The summed E-state index contributed by atoms with van der Waals surface area (Å²) in [7, 11) is 0. The number of benzene rings is 2. The molecule has 1 aliphatic heterocycles. The van der Waals surface area contributed by atoms with Crippen LogP contribution in [0.1, 0.15) is 37.6 Å². The summed E-state index contributed by atoms with van der Waals surface area (Å²) in [6, 6.07) is 18.8. The van der Waals surface area contributed by atoms with Crippen LogP contribution in [0.15, 0.2) is 83.1 Å². The fraction of sp³-hybridized carbons (Fsp3) is 0.192. The minimum atomic E-state index is -0.149. The second-order valence-corrected chi connectivity index (χ2v) is 8.62. The molecule has 1 amide bonds. The summed E-state index contributed by atoms with van der Waals surface area (Å²) in [6.07, 6.45) is 4.91. The largest absolute Gasteiger partial charge is 0.434 e. The van der Waals surface area contributed by atoms with Gasteiger partial charge in [0, 0.05) is 39.9 Å². The molecule has 1 aliphatic rings. The van der Waals surface area contributed by atoms with Gasteiger partial charge in [0.25, 0.3) is 5.91 Å². The van der Waals surface area contributed by atoms with Gasteiger partial charge in [-0.1, -0.05) is 12.1 Å². The first-order valence-electron chi connectivity index (χ1n) is 10.6. The predicted octanol–water partition coefficient (Wildman–Crippen LogP) is 6.03. The van der Waals surface area contributed by atoms with Gasteiger partial charge in [-0.05, 0) is 81.8 Å². The van der Waals surface area contributed by atoms with Crippen molar-refractivity contribution >= 4 is 28.5 Å². The van der Waals surface area contributed by atoms with E-state index in [9.17, 15) is 4.79 Å². The van der Waals surface area contributed by atoms with E-state index in [4.69, 9.17) is 4.42 Å². The van der Waals surface area contributed by atoms with Crippen molar-refractivity contribution in [2.24, 2.45) is 0 Å². The number of amides is 1. The number of aromatic nitrogens is 2. The van der Waals surface area contributed by atoms with Gasteiger partial charge < -0.3 is 14.6 Å². The van der Waals surface area contributed by atoms with Gasteiger partial charge in [0.2, 0.25) is 5.89 Å². The number of nitrogens with one attached hydrogen (secondary N) is 1. The molecule has 32 heavy (non-hydrogen) atoms.